The Bertz CT molecular complexity index is 439. The monoisotopic (exact) mass is 218 g/mol. The van der Waals surface area contributed by atoms with Crippen LogP contribution >= 0.6 is 0 Å². The van der Waals surface area contributed by atoms with Gasteiger partial charge in [-0.25, -0.2) is 0 Å². The number of ether oxygens (including phenoxy) is 1. The highest BCUT2D eigenvalue weighted by molar-refractivity contribution is 5.30. The molecule has 5 heteroatoms. The summed E-state index contributed by atoms with van der Waals surface area (Å²) in [7, 11) is 0. The van der Waals surface area contributed by atoms with Gasteiger partial charge in [-0.1, -0.05) is 31.2 Å². The summed E-state index contributed by atoms with van der Waals surface area (Å²) in [6.07, 6.45) is 0. The van der Waals surface area contributed by atoms with Crippen molar-refractivity contribution in [2.45, 2.75) is 26.4 Å². The first kappa shape index (κ1) is 10.6. The van der Waals surface area contributed by atoms with E-state index in [0.29, 0.717) is 18.3 Å². The zero-order valence-corrected chi connectivity index (χ0v) is 9.34. The lowest BCUT2D eigenvalue weighted by Crippen LogP contribution is -1.98. The van der Waals surface area contributed by atoms with Gasteiger partial charge in [0.15, 0.2) is 6.61 Å². The van der Waals surface area contributed by atoms with Gasteiger partial charge in [0.2, 0.25) is 5.82 Å². The van der Waals surface area contributed by atoms with Crippen LogP contribution in [0.2, 0.25) is 0 Å². The Labute approximate surface area is 93.8 Å². The van der Waals surface area contributed by atoms with E-state index in [4.69, 9.17) is 4.74 Å². The summed E-state index contributed by atoms with van der Waals surface area (Å²) in [4.78, 5) is 0. The van der Waals surface area contributed by atoms with Crippen molar-refractivity contribution >= 4 is 0 Å². The van der Waals surface area contributed by atoms with E-state index in [9.17, 15) is 0 Å². The van der Waals surface area contributed by atoms with Crippen molar-refractivity contribution in [1.29, 1.82) is 0 Å². The Kier molecular flexibility index (Phi) is 3.14. The van der Waals surface area contributed by atoms with Crippen LogP contribution in [-0.4, -0.2) is 20.6 Å². The summed E-state index contributed by atoms with van der Waals surface area (Å²) in [5, 5.41) is 13.5. The Morgan fingerprint density at radius 3 is 2.94 bits per heavy atom. The van der Waals surface area contributed by atoms with E-state index in [0.717, 1.165) is 5.75 Å². The summed E-state index contributed by atoms with van der Waals surface area (Å²) in [6, 6.07) is 8.03. The van der Waals surface area contributed by atoms with Gasteiger partial charge in [0.1, 0.15) is 5.75 Å². The van der Waals surface area contributed by atoms with Crippen LogP contribution in [0, 0.1) is 0 Å². The third-order valence-corrected chi connectivity index (χ3v) is 2.28. The van der Waals surface area contributed by atoms with Crippen molar-refractivity contribution < 1.29 is 4.74 Å². The largest absolute Gasteiger partial charge is 0.485 e. The van der Waals surface area contributed by atoms with Crippen molar-refractivity contribution in [2.24, 2.45) is 0 Å². The van der Waals surface area contributed by atoms with Crippen LogP contribution in [0.15, 0.2) is 24.3 Å². The molecule has 1 aromatic heterocycles. The smallest absolute Gasteiger partial charge is 0.211 e. The van der Waals surface area contributed by atoms with E-state index in [1.54, 1.807) is 0 Å². The van der Waals surface area contributed by atoms with Gasteiger partial charge in [0, 0.05) is 0 Å². The van der Waals surface area contributed by atoms with Gasteiger partial charge < -0.3 is 4.74 Å². The molecule has 16 heavy (non-hydrogen) atoms. The molecule has 0 unspecified atom stereocenters. The lowest BCUT2D eigenvalue weighted by molar-refractivity contribution is 0.295. The van der Waals surface area contributed by atoms with Crippen molar-refractivity contribution in [3.63, 3.8) is 0 Å². The minimum Gasteiger partial charge on any atom is -0.485 e. The zero-order chi connectivity index (χ0) is 11.4. The van der Waals surface area contributed by atoms with Crippen LogP contribution < -0.4 is 4.74 Å². The molecule has 0 atom stereocenters. The number of tetrazole rings is 1. The molecule has 1 heterocycles. The third-order valence-electron chi connectivity index (χ3n) is 2.28. The van der Waals surface area contributed by atoms with Gasteiger partial charge in [0.25, 0.3) is 0 Å². The quantitative estimate of drug-likeness (QED) is 0.851. The minimum absolute atomic E-state index is 0.331. The van der Waals surface area contributed by atoms with E-state index < -0.39 is 0 Å². The fraction of sp³-hybridized carbons (Fsp3) is 0.364. The number of hydrogen-bond donors (Lipinski definition) is 1. The second kappa shape index (κ2) is 4.74. The molecule has 0 saturated carbocycles. The highest BCUT2D eigenvalue weighted by Gasteiger charge is 2.03. The maximum absolute atomic E-state index is 5.56. The standard InChI is InChI=1S/C11H14N4O/c1-8(2)9-4-3-5-10(6-9)16-7-11-12-14-15-13-11/h3-6,8H,7H2,1-2H3,(H,12,13,14,15). The average Bonchev–Trinajstić information content (AvgIpc) is 2.79. The molecule has 0 saturated heterocycles. The summed E-state index contributed by atoms with van der Waals surface area (Å²) in [6.45, 7) is 4.63. The number of nitrogens with one attached hydrogen (secondary N) is 1. The van der Waals surface area contributed by atoms with Gasteiger partial charge in [-0.05, 0) is 23.6 Å². The second-order valence-electron chi connectivity index (χ2n) is 3.84. The first-order chi connectivity index (χ1) is 7.75. The van der Waals surface area contributed by atoms with Crippen molar-refractivity contribution in [2.75, 3.05) is 0 Å². The molecular weight excluding hydrogens is 204 g/mol. The number of rotatable bonds is 4. The van der Waals surface area contributed by atoms with Gasteiger partial charge in [-0.2, -0.15) is 5.21 Å². The molecule has 1 N–H and O–H groups in total. The SMILES string of the molecule is CC(C)c1cccc(OCc2nn[nH]n2)c1. The van der Waals surface area contributed by atoms with Crippen molar-refractivity contribution in [1.82, 2.24) is 20.6 Å². The molecule has 0 aliphatic carbocycles. The average molecular weight is 218 g/mol. The van der Waals surface area contributed by atoms with E-state index in [1.807, 2.05) is 18.2 Å². The van der Waals surface area contributed by atoms with Crippen LogP contribution in [0.5, 0.6) is 5.75 Å². The summed E-state index contributed by atoms with van der Waals surface area (Å²) in [5.41, 5.74) is 1.26. The first-order valence-electron chi connectivity index (χ1n) is 5.21. The lowest BCUT2D eigenvalue weighted by Gasteiger charge is -2.08. The van der Waals surface area contributed by atoms with Gasteiger partial charge in [-0.3, -0.25) is 0 Å². The molecule has 84 valence electrons. The van der Waals surface area contributed by atoms with E-state index in [2.05, 4.69) is 40.5 Å². The highest BCUT2D eigenvalue weighted by atomic mass is 16.5. The predicted molar refractivity (Wildman–Crippen MR) is 59.0 cm³/mol. The van der Waals surface area contributed by atoms with E-state index in [1.165, 1.54) is 5.56 Å². The summed E-state index contributed by atoms with van der Waals surface area (Å²) in [5.74, 6) is 1.87. The minimum atomic E-state index is 0.331. The third kappa shape index (κ3) is 2.56. The summed E-state index contributed by atoms with van der Waals surface area (Å²) >= 11 is 0. The van der Waals surface area contributed by atoms with Crippen LogP contribution in [0.4, 0.5) is 0 Å². The van der Waals surface area contributed by atoms with Crippen LogP contribution in [0.3, 0.4) is 0 Å². The molecule has 1 aromatic carbocycles. The van der Waals surface area contributed by atoms with E-state index in [-0.39, 0.29) is 0 Å². The Balaban J connectivity index is 2.01. The molecule has 0 amide bonds. The maximum atomic E-state index is 5.56. The van der Waals surface area contributed by atoms with Gasteiger partial charge in [0.05, 0.1) is 0 Å². The molecule has 2 rings (SSSR count). The highest BCUT2D eigenvalue weighted by Crippen LogP contribution is 2.20. The molecule has 0 bridgehead atoms. The normalized spacial score (nSPS) is 10.7. The van der Waals surface area contributed by atoms with Crippen molar-refractivity contribution in [3.05, 3.63) is 35.7 Å². The van der Waals surface area contributed by atoms with Crippen LogP contribution in [0.25, 0.3) is 0 Å². The number of aromatic amines is 1. The first-order valence-corrected chi connectivity index (χ1v) is 5.21. The molecule has 0 aliphatic heterocycles. The molecule has 0 fully saturated rings. The number of aromatic nitrogens is 4. The zero-order valence-electron chi connectivity index (χ0n) is 9.34. The fourth-order valence-corrected chi connectivity index (χ4v) is 1.35. The number of H-pyrrole nitrogens is 1. The van der Waals surface area contributed by atoms with Crippen molar-refractivity contribution in [3.8, 4) is 5.75 Å². The molecular formula is C11H14N4O. The maximum Gasteiger partial charge on any atom is 0.211 e. The van der Waals surface area contributed by atoms with Crippen LogP contribution in [0.1, 0.15) is 31.2 Å². The number of benzene rings is 1. The number of hydrogen-bond acceptors (Lipinski definition) is 4. The molecule has 0 radical (unpaired) electrons. The fourth-order valence-electron chi connectivity index (χ4n) is 1.35. The number of nitrogens with zero attached hydrogens (tertiary/aromatic N) is 3. The Morgan fingerprint density at radius 1 is 1.38 bits per heavy atom. The molecule has 0 aliphatic rings. The summed E-state index contributed by atoms with van der Waals surface area (Å²) < 4.78 is 5.56. The van der Waals surface area contributed by atoms with E-state index >= 15 is 0 Å². The Morgan fingerprint density at radius 2 is 2.25 bits per heavy atom. The molecule has 5 nitrogen and oxygen atoms in total. The second-order valence-corrected chi connectivity index (χ2v) is 3.84. The predicted octanol–water partition coefficient (Wildman–Crippen LogP) is 1.90. The van der Waals surface area contributed by atoms with Gasteiger partial charge in [-0.15, -0.1) is 10.2 Å². The van der Waals surface area contributed by atoms with Crippen LogP contribution in [-0.2, 0) is 6.61 Å². The van der Waals surface area contributed by atoms with Gasteiger partial charge >= 0.3 is 0 Å². The topological polar surface area (TPSA) is 63.7 Å². The lowest BCUT2D eigenvalue weighted by atomic mass is 10.0. The molecule has 0 spiro atoms. The Hall–Kier alpha value is -1.91. The molecule has 2 aromatic rings.